The second-order valence-corrected chi connectivity index (χ2v) is 7.55. The van der Waals surface area contributed by atoms with Crippen LogP contribution in [-0.2, 0) is 11.3 Å². The van der Waals surface area contributed by atoms with E-state index in [9.17, 15) is 9.59 Å². The number of H-pyrrole nitrogens is 1. The van der Waals surface area contributed by atoms with Gasteiger partial charge in [0.2, 0.25) is 0 Å². The quantitative estimate of drug-likeness (QED) is 0.440. The van der Waals surface area contributed by atoms with Crippen molar-refractivity contribution in [3.8, 4) is 22.9 Å². The van der Waals surface area contributed by atoms with E-state index in [0.29, 0.717) is 48.2 Å². The zero-order valence-electron chi connectivity index (χ0n) is 17.9. The van der Waals surface area contributed by atoms with Crippen molar-refractivity contribution in [3.05, 3.63) is 71.9 Å². The van der Waals surface area contributed by atoms with E-state index in [0.717, 1.165) is 16.6 Å². The van der Waals surface area contributed by atoms with Gasteiger partial charge < -0.3 is 24.7 Å². The van der Waals surface area contributed by atoms with Crippen molar-refractivity contribution in [2.75, 3.05) is 20.2 Å². The summed E-state index contributed by atoms with van der Waals surface area (Å²) in [5, 5.41) is 2.81. The Hall–Kier alpha value is -4.40. The molecule has 0 unspecified atom stereocenters. The highest BCUT2D eigenvalue weighted by atomic mass is 16.5. The molecule has 2 amide bonds. The maximum Gasteiger partial charge on any atom is 0.337 e. The van der Waals surface area contributed by atoms with Crippen molar-refractivity contribution in [1.82, 2.24) is 25.2 Å². The fourth-order valence-electron chi connectivity index (χ4n) is 3.68. The summed E-state index contributed by atoms with van der Waals surface area (Å²) in [6.07, 6.45) is 1.71. The molecule has 0 atom stereocenters. The molecule has 4 aromatic rings. The van der Waals surface area contributed by atoms with Crippen molar-refractivity contribution in [1.29, 1.82) is 0 Å². The number of benzene rings is 2. The van der Waals surface area contributed by atoms with Crippen molar-refractivity contribution < 1.29 is 19.1 Å². The molecule has 9 heteroatoms. The molecule has 0 radical (unpaired) electrons. The molecule has 33 heavy (non-hydrogen) atoms. The van der Waals surface area contributed by atoms with Crippen LogP contribution in [0.5, 0.6) is 11.5 Å². The molecular formula is C24H21N5O4. The van der Waals surface area contributed by atoms with Crippen molar-refractivity contribution in [2.24, 2.45) is 0 Å². The first-order chi connectivity index (χ1) is 16.1. The lowest BCUT2D eigenvalue weighted by molar-refractivity contribution is 0.0600. The van der Waals surface area contributed by atoms with Gasteiger partial charge >= 0.3 is 12.0 Å². The van der Waals surface area contributed by atoms with Gasteiger partial charge in [-0.3, -0.25) is 0 Å². The molecule has 0 spiro atoms. The van der Waals surface area contributed by atoms with Gasteiger partial charge in [0.05, 0.1) is 19.2 Å². The van der Waals surface area contributed by atoms with Crippen molar-refractivity contribution in [2.45, 2.75) is 6.54 Å². The molecule has 2 aromatic carbocycles. The number of imidazole rings is 1. The topological polar surface area (TPSA) is 109 Å². The molecule has 5 rings (SSSR count). The molecule has 2 N–H and O–H groups in total. The van der Waals surface area contributed by atoms with Crippen LogP contribution in [0.3, 0.4) is 0 Å². The van der Waals surface area contributed by atoms with E-state index >= 15 is 0 Å². The molecule has 1 aliphatic heterocycles. The monoisotopic (exact) mass is 443 g/mol. The number of rotatable bonds is 6. The first-order valence-electron chi connectivity index (χ1n) is 10.4. The predicted octanol–water partition coefficient (Wildman–Crippen LogP) is 3.73. The van der Waals surface area contributed by atoms with E-state index in [1.54, 1.807) is 35.4 Å². The molecule has 0 bridgehead atoms. The molecule has 166 valence electrons. The number of ether oxygens (including phenoxy) is 2. The number of esters is 1. The normalized spacial score (nSPS) is 13.2. The summed E-state index contributed by atoms with van der Waals surface area (Å²) in [7, 11) is 1.34. The molecule has 0 aliphatic carbocycles. The number of fused-ring (bicyclic) bond motifs is 1. The third-order valence-corrected chi connectivity index (χ3v) is 5.41. The van der Waals surface area contributed by atoms with Gasteiger partial charge in [0.15, 0.2) is 5.65 Å². The molecule has 1 fully saturated rings. The third-order valence-electron chi connectivity index (χ3n) is 5.41. The standard InChI is InChI=1S/C24H21N5O4/c1-32-23(30)15-6-8-18(9-7-15)33-20-13-16(21-27-19-3-2-10-25-22(19)28-21)4-5-17(20)14-29-12-11-26-24(29)31/h2-10,13H,11-12,14H2,1H3,(H,26,31)(H,25,27,28). The summed E-state index contributed by atoms with van der Waals surface area (Å²) in [6.45, 7) is 1.65. The van der Waals surface area contributed by atoms with Crippen molar-refractivity contribution >= 4 is 23.2 Å². The van der Waals surface area contributed by atoms with Gasteiger partial charge in [-0.25, -0.2) is 19.6 Å². The van der Waals surface area contributed by atoms with Crippen molar-refractivity contribution in [3.63, 3.8) is 0 Å². The Balaban J connectivity index is 1.49. The van der Waals surface area contributed by atoms with Gasteiger partial charge in [-0.2, -0.15) is 0 Å². The number of methoxy groups -OCH3 is 1. The summed E-state index contributed by atoms with van der Waals surface area (Å²) in [4.78, 5) is 37.7. The van der Waals surface area contributed by atoms with E-state index in [-0.39, 0.29) is 6.03 Å². The number of hydrogen-bond acceptors (Lipinski definition) is 6. The lowest BCUT2D eigenvalue weighted by Crippen LogP contribution is -2.27. The number of urea groups is 1. The van der Waals surface area contributed by atoms with Crippen LogP contribution in [0.4, 0.5) is 4.79 Å². The minimum Gasteiger partial charge on any atom is -0.465 e. The number of carbonyl (C=O) groups excluding carboxylic acids is 2. The Morgan fingerprint density at radius 2 is 2.00 bits per heavy atom. The van der Waals surface area contributed by atoms with Gasteiger partial charge in [-0.1, -0.05) is 12.1 Å². The summed E-state index contributed by atoms with van der Waals surface area (Å²) >= 11 is 0. The summed E-state index contributed by atoms with van der Waals surface area (Å²) in [6, 6.07) is 16.1. The minimum absolute atomic E-state index is 0.101. The first-order valence-corrected chi connectivity index (χ1v) is 10.4. The Morgan fingerprint density at radius 3 is 2.73 bits per heavy atom. The molecule has 0 saturated carbocycles. The largest absolute Gasteiger partial charge is 0.465 e. The van der Waals surface area contributed by atoms with Crippen LogP contribution in [0.1, 0.15) is 15.9 Å². The summed E-state index contributed by atoms with van der Waals surface area (Å²) in [5.74, 6) is 1.40. The second-order valence-electron chi connectivity index (χ2n) is 7.55. The zero-order valence-corrected chi connectivity index (χ0v) is 17.9. The number of aromatic nitrogens is 3. The Bertz CT molecular complexity index is 1300. The molecule has 2 aromatic heterocycles. The maximum absolute atomic E-state index is 12.1. The Kier molecular flexibility index (Phi) is 5.35. The number of hydrogen-bond donors (Lipinski definition) is 2. The molecule has 1 aliphatic rings. The van der Waals surface area contributed by atoms with Crippen LogP contribution in [-0.4, -0.2) is 52.1 Å². The smallest absolute Gasteiger partial charge is 0.337 e. The van der Waals surface area contributed by atoms with E-state index < -0.39 is 5.97 Å². The number of pyridine rings is 1. The average Bonchev–Trinajstić information content (AvgIpc) is 3.46. The number of carbonyl (C=O) groups is 2. The highest BCUT2D eigenvalue weighted by Gasteiger charge is 2.22. The van der Waals surface area contributed by atoms with Gasteiger partial charge in [-0.15, -0.1) is 0 Å². The fourth-order valence-corrected chi connectivity index (χ4v) is 3.68. The highest BCUT2D eigenvalue weighted by molar-refractivity contribution is 5.89. The Labute approximate surface area is 189 Å². The third kappa shape index (κ3) is 4.20. The number of nitrogens with one attached hydrogen (secondary N) is 2. The number of nitrogens with zero attached hydrogens (tertiary/aromatic N) is 3. The van der Waals surface area contributed by atoms with Crippen LogP contribution in [0.2, 0.25) is 0 Å². The number of amides is 2. The van der Waals surface area contributed by atoms with Gasteiger partial charge in [0, 0.05) is 30.4 Å². The lowest BCUT2D eigenvalue weighted by Gasteiger charge is -2.18. The zero-order chi connectivity index (χ0) is 22.8. The van der Waals surface area contributed by atoms with Crippen LogP contribution in [0.15, 0.2) is 60.8 Å². The molecule has 1 saturated heterocycles. The Morgan fingerprint density at radius 1 is 1.15 bits per heavy atom. The average molecular weight is 443 g/mol. The van der Waals surface area contributed by atoms with Gasteiger partial charge in [-0.05, 0) is 42.5 Å². The molecule has 3 heterocycles. The second kappa shape index (κ2) is 8.62. The lowest BCUT2D eigenvalue weighted by atomic mass is 10.1. The van der Waals surface area contributed by atoms with Crippen LogP contribution in [0, 0.1) is 0 Å². The minimum atomic E-state index is -0.414. The van der Waals surface area contributed by atoms with Crippen LogP contribution in [0.25, 0.3) is 22.6 Å². The van der Waals surface area contributed by atoms with Crippen LogP contribution < -0.4 is 10.1 Å². The summed E-state index contributed by atoms with van der Waals surface area (Å²) in [5.41, 5.74) is 3.57. The summed E-state index contributed by atoms with van der Waals surface area (Å²) < 4.78 is 10.9. The maximum atomic E-state index is 12.1. The van der Waals surface area contributed by atoms with Gasteiger partial charge in [0.1, 0.15) is 22.8 Å². The number of aromatic amines is 1. The fraction of sp³-hybridized carbons (Fsp3) is 0.167. The van der Waals surface area contributed by atoms with E-state index in [4.69, 9.17) is 9.47 Å². The SMILES string of the molecule is COC(=O)c1ccc(Oc2cc(-c3nc4cccnc4[nH]3)ccc2CN2CCNC2=O)cc1. The van der Waals surface area contributed by atoms with E-state index in [1.165, 1.54) is 7.11 Å². The highest BCUT2D eigenvalue weighted by Crippen LogP contribution is 2.32. The predicted molar refractivity (Wildman–Crippen MR) is 121 cm³/mol. The van der Waals surface area contributed by atoms with Gasteiger partial charge in [0.25, 0.3) is 0 Å². The van der Waals surface area contributed by atoms with Crippen LogP contribution >= 0.6 is 0 Å². The van der Waals surface area contributed by atoms with E-state index in [2.05, 4.69) is 20.3 Å². The van der Waals surface area contributed by atoms with E-state index in [1.807, 2.05) is 30.3 Å². The molecule has 9 nitrogen and oxygen atoms in total. The first kappa shape index (κ1) is 20.5. The molecular weight excluding hydrogens is 422 g/mol.